The molecule has 0 radical (unpaired) electrons. The first kappa shape index (κ1) is 20.6. The number of nitrogens with one attached hydrogen (secondary N) is 2. The second kappa shape index (κ2) is 9.01. The van der Waals surface area contributed by atoms with E-state index in [1.807, 2.05) is 36.4 Å². The van der Waals surface area contributed by atoms with Crippen molar-refractivity contribution in [2.75, 3.05) is 13.7 Å². The molecule has 4 rings (SSSR count). The summed E-state index contributed by atoms with van der Waals surface area (Å²) in [6.07, 6.45) is 2.21. The number of aryl methyl sites for hydroxylation is 1. The fourth-order valence-electron chi connectivity index (χ4n) is 3.22. The van der Waals surface area contributed by atoms with Crippen molar-refractivity contribution < 1.29 is 9.53 Å². The molecule has 0 spiro atoms. The van der Waals surface area contributed by atoms with E-state index < -0.39 is 0 Å². The summed E-state index contributed by atoms with van der Waals surface area (Å²) in [6, 6.07) is 14.8. The third-order valence-electron chi connectivity index (χ3n) is 4.72. The number of halogens is 1. The van der Waals surface area contributed by atoms with Crippen LogP contribution in [0.3, 0.4) is 0 Å². The van der Waals surface area contributed by atoms with Gasteiger partial charge in [0.15, 0.2) is 5.82 Å². The minimum absolute atomic E-state index is 0.216. The first-order chi connectivity index (χ1) is 15.0. The van der Waals surface area contributed by atoms with Crippen molar-refractivity contribution in [3.05, 3.63) is 71.1 Å². The van der Waals surface area contributed by atoms with Gasteiger partial charge < -0.3 is 10.1 Å². The maximum atomic E-state index is 12.8. The van der Waals surface area contributed by atoms with Crippen molar-refractivity contribution in [3.63, 3.8) is 0 Å². The molecule has 0 fully saturated rings. The second-order valence-electron chi connectivity index (χ2n) is 6.88. The van der Waals surface area contributed by atoms with Crippen molar-refractivity contribution in [1.82, 2.24) is 30.3 Å². The van der Waals surface area contributed by atoms with Crippen molar-refractivity contribution in [1.29, 1.82) is 0 Å². The molecule has 158 valence electrons. The zero-order valence-electron chi connectivity index (χ0n) is 17.1. The molecular weight excluding hydrogens is 416 g/mol. The van der Waals surface area contributed by atoms with Crippen LogP contribution in [0.25, 0.3) is 22.6 Å². The lowest BCUT2D eigenvalue weighted by molar-refractivity contribution is 0.0954. The van der Waals surface area contributed by atoms with Crippen LogP contribution < -0.4 is 10.1 Å². The highest BCUT2D eigenvalue weighted by Gasteiger charge is 2.19. The molecule has 0 saturated carbocycles. The van der Waals surface area contributed by atoms with Gasteiger partial charge in [-0.15, -0.1) is 0 Å². The molecule has 0 saturated heterocycles. The number of carbonyl (C=O) groups is 1. The van der Waals surface area contributed by atoms with Crippen molar-refractivity contribution in [3.8, 4) is 28.4 Å². The summed E-state index contributed by atoms with van der Waals surface area (Å²) < 4.78 is 7.04. The first-order valence-corrected chi connectivity index (χ1v) is 10.1. The Hall–Kier alpha value is -3.65. The highest BCUT2D eigenvalue weighted by molar-refractivity contribution is 6.30. The minimum Gasteiger partial charge on any atom is -0.496 e. The highest BCUT2D eigenvalue weighted by atomic mass is 35.5. The Labute approximate surface area is 184 Å². The largest absolute Gasteiger partial charge is 0.496 e. The zero-order chi connectivity index (χ0) is 21.8. The third kappa shape index (κ3) is 4.59. The van der Waals surface area contributed by atoms with Gasteiger partial charge >= 0.3 is 0 Å². The molecule has 8 nitrogen and oxygen atoms in total. The Morgan fingerprint density at radius 1 is 1.19 bits per heavy atom. The number of hydrogen-bond acceptors (Lipinski definition) is 5. The number of aromatic nitrogens is 5. The van der Waals surface area contributed by atoms with Gasteiger partial charge in [0.1, 0.15) is 17.3 Å². The topological polar surface area (TPSA) is 97.7 Å². The Kier molecular flexibility index (Phi) is 5.99. The van der Waals surface area contributed by atoms with Crippen LogP contribution in [0.15, 0.2) is 54.7 Å². The number of benzene rings is 2. The molecule has 2 heterocycles. The number of para-hydroxylation sites is 1. The molecule has 9 heteroatoms. The molecule has 1 amide bonds. The average molecular weight is 437 g/mol. The summed E-state index contributed by atoms with van der Waals surface area (Å²) in [5.74, 6) is 1.71. The Morgan fingerprint density at radius 2 is 1.97 bits per heavy atom. The van der Waals surface area contributed by atoms with Gasteiger partial charge in [0.05, 0.1) is 12.7 Å². The summed E-state index contributed by atoms with van der Waals surface area (Å²) in [5, 5.41) is 15.2. The predicted molar refractivity (Wildman–Crippen MR) is 118 cm³/mol. The van der Waals surface area contributed by atoms with E-state index in [1.54, 1.807) is 37.2 Å². The molecule has 0 aliphatic heterocycles. The fourth-order valence-corrected chi connectivity index (χ4v) is 3.34. The van der Waals surface area contributed by atoms with Crippen molar-refractivity contribution in [2.24, 2.45) is 7.05 Å². The van der Waals surface area contributed by atoms with Crippen LogP contribution in [0.5, 0.6) is 5.75 Å². The van der Waals surface area contributed by atoms with Crippen molar-refractivity contribution >= 4 is 17.5 Å². The molecule has 0 atom stereocenters. The fraction of sp³-hybridized carbons (Fsp3) is 0.182. The molecule has 4 aromatic rings. The summed E-state index contributed by atoms with van der Waals surface area (Å²) in [7, 11) is 3.37. The van der Waals surface area contributed by atoms with Crippen LogP contribution in [0.4, 0.5) is 0 Å². The van der Waals surface area contributed by atoms with Gasteiger partial charge in [0.2, 0.25) is 0 Å². The van der Waals surface area contributed by atoms with Gasteiger partial charge in [-0.05, 0) is 36.4 Å². The standard InChI is InChI=1S/C22H21ClN6O2/c1-29-13-17(20(28-29)16-5-3-4-6-18(16)31-2)22(30)24-12-11-19-25-21(27-26-19)14-7-9-15(23)10-8-14/h3-10,13H,11-12H2,1-2H3,(H,24,30)(H,25,26,27). The number of H-pyrrole nitrogens is 1. The van der Waals surface area contributed by atoms with E-state index in [1.165, 1.54) is 0 Å². The lowest BCUT2D eigenvalue weighted by Gasteiger charge is -2.08. The molecule has 2 N–H and O–H groups in total. The summed E-state index contributed by atoms with van der Waals surface area (Å²) >= 11 is 5.92. The predicted octanol–water partition coefficient (Wildman–Crippen LogP) is 3.51. The summed E-state index contributed by atoms with van der Waals surface area (Å²) in [4.78, 5) is 17.3. The summed E-state index contributed by atoms with van der Waals surface area (Å²) in [5.41, 5.74) is 2.68. The van der Waals surface area contributed by atoms with Crippen LogP contribution in [0, 0.1) is 0 Å². The monoisotopic (exact) mass is 436 g/mol. The van der Waals surface area contributed by atoms with Gasteiger partial charge in [-0.2, -0.15) is 10.2 Å². The van der Waals surface area contributed by atoms with Gasteiger partial charge in [0.25, 0.3) is 5.91 Å². The van der Waals surface area contributed by atoms with Crippen LogP contribution in [-0.4, -0.2) is 44.5 Å². The summed E-state index contributed by atoms with van der Waals surface area (Å²) in [6.45, 7) is 0.397. The van der Waals surface area contributed by atoms with Gasteiger partial charge in [-0.1, -0.05) is 23.7 Å². The third-order valence-corrected chi connectivity index (χ3v) is 4.97. The van der Waals surface area contributed by atoms with Gasteiger partial charge in [0, 0.05) is 42.4 Å². The van der Waals surface area contributed by atoms with E-state index in [4.69, 9.17) is 16.3 Å². The second-order valence-corrected chi connectivity index (χ2v) is 7.32. The minimum atomic E-state index is -0.216. The zero-order valence-corrected chi connectivity index (χ0v) is 17.8. The lowest BCUT2D eigenvalue weighted by atomic mass is 10.1. The maximum Gasteiger partial charge on any atom is 0.255 e. The van der Waals surface area contributed by atoms with E-state index in [2.05, 4.69) is 25.6 Å². The van der Waals surface area contributed by atoms with Crippen LogP contribution in [0.2, 0.25) is 5.02 Å². The number of aromatic amines is 1. The molecule has 0 unspecified atom stereocenters. The normalized spacial score (nSPS) is 10.8. The molecule has 2 aromatic carbocycles. The average Bonchev–Trinajstić information content (AvgIpc) is 3.41. The van der Waals surface area contributed by atoms with Gasteiger partial charge in [-0.3, -0.25) is 14.6 Å². The van der Waals surface area contributed by atoms with E-state index >= 15 is 0 Å². The lowest BCUT2D eigenvalue weighted by Crippen LogP contribution is -2.26. The number of methoxy groups -OCH3 is 1. The highest BCUT2D eigenvalue weighted by Crippen LogP contribution is 2.30. The smallest absolute Gasteiger partial charge is 0.255 e. The Morgan fingerprint density at radius 3 is 2.74 bits per heavy atom. The van der Waals surface area contributed by atoms with E-state index in [-0.39, 0.29) is 5.91 Å². The SMILES string of the molecule is COc1ccccc1-c1nn(C)cc1C(=O)NCCc1nc(-c2ccc(Cl)cc2)n[nH]1. The Bertz CT molecular complexity index is 1200. The van der Waals surface area contributed by atoms with E-state index in [9.17, 15) is 4.79 Å². The molecular formula is C22H21ClN6O2. The van der Waals surface area contributed by atoms with Crippen LogP contribution in [-0.2, 0) is 13.5 Å². The quantitative estimate of drug-likeness (QED) is 0.462. The number of rotatable bonds is 7. The maximum absolute atomic E-state index is 12.8. The molecule has 2 aromatic heterocycles. The molecule has 31 heavy (non-hydrogen) atoms. The Balaban J connectivity index is 1.43. The van der Waals surface area contributed by atoms with Crippen molar-refractivity contribution in [2.45, 2.75) is 6.42 Å². The van der Waals surface area contributed by atoms with Crippen LogP contribution in [0.1, 0.15) is 16.2 Å². The molecule has 0 bridgehead atoms. The van der Waals surface area contributed by atoms with Crippen LogP contribution >= 0.6 is 11.6 Å². The van der Waals surface area contributed by atoms with Gasteiger partial charge in [-0.25, -0.2) is 4.98 Å². The number of carbonyl (C=O) groups excluding carboxylic acids is 1. The first-order valence-electron chi connectivity index (χ1n) is 9.67. The number of hydrogen-bond donors (Lipinski definition) is 2. The molecule has 0 aliphatic carbocycles. The number of ether oxygens (including phenoxy) is 1. The molecule has 0 aliphatic rings. The van der Waals surface area contributed by atoms with E-state index in [0.29, 0.717) is 46.6 Å². The number of nitrogens with zero attached hydrogens (tertiary/aromatic N) is 4. The number of amides is 1. The van der Waals surface area contributed by atoms with E-state index in [0.717, 1.165) is 11.1 Å².